The normalized spacial score (nSPS) is 16.4. The number of halogens is 2. The van der Waals surface area contributed by atoms with Gasteiger partial charge in [0.2, 0.25) is 0 Å². The molecule has 0 radical (unpaired) electrons. The van der Waals surface area contributed by atoms with Crippen LogP contribution in [0.3, 0.4) is 0 Å². The molecule has 1 atom stereocenters. The van der Waals surface area contributed by atoms with Crippen molar-refractivity contribution in [2.75, 3.05) is 4.90 Å². The summed E-state index contributed by atoms with van der Waals surface area (Å²) in [4.78, 5) is 31.8. The van der Waals surface area contributed by atoms with Gasteiger partial charge in [0.25, 0.3) is 5.91 Å². The van der Waals surface area contributed by atoms with Crippen molar-refractivity contribution in [3.8, 4) is 0 Å². The molecule has 0 bridgehead atoms. The van der Waals surface area contributed by atoms with Crippen molar-refractivity contribution in [2.24, 2.45) is 0 Å². The van der Waals surface area contributed by atoms with Gasteiger partial charge in [0.05, 0.1) is 11.6 Å². The van der Waals surface area contributed by atoms with Crippen molar-refractivity contribution >= 4 is 45.0 Å². The Balaban J connectivity index is 1.87. The molecule has 29 heavy (non-hydrogen) atoms. The van der Waals surface area contributed by atoms with E-state index in [0.717, 1.165) is 4.47 Å². The number of hydrogen-bond donors (Lipinski definition) is 1. The zero-order valence-electron chi connectivity index (χ0n) is 14.9. The van der Waals surface area contributed by atoms with Crippen LogP contribution in [0.4, 0.5) is 5.82 Å². The van der Waals surface area contributed by atoms with E-state index < -0.39 is 23.5 Å². The van der Waals surface area contributed by atoms with Crippen molar-refractivity contribution in [3.63, 3.8) is 0 Å². The van der Waals surface area contributed by atoms with Crippen LogP contribution in [0, 0.1) is 0 Å². The molecule has 0 aliphatic carbocycles. The summed E-state index contributed by atoms with van der Waals surface area (Å²) in [5.41, 5.74) is 1.01. The number of carbonyl (C=O) groups is 2. The first kappa shape index (κ1) is 19.4. The van der Waals surface area contributed by atoms with Gasteiger partial charge in [0.1, 0.15) is 5.82 Å². The average Bonchev–Trinajstić information content (AvgIpc) is 3.00. The smallest absolute Gasteiger partial charge is 0.295 e. The molecule has 1 amide bonds. The number of amides is 1. The zero-order valence-corrected chi connectivity index (χ0v) is 17.3. The minimum Gasteiger partial charge on any atom is -0.503 e. The molecule has 2 heterocycles. The number of rotatable bonds is 4. The first-order chi connectivity index (χ1) is 14.0. The fraction of sp³-hybridized carbons (Fsp3) is 0.0455. The van der Waals surface area contributed by atoms with Gasteiger partial charge in [0, 0.05) is 21.3 Å². The molecular weight excluding hydrogens is 456 g/mol. The Morgan fingerprint density at radius 1 is 1.03 bits per heavy atom. The van der Waals surface area contributed by atoms with Crippen LogP contribution in [0.1, 0.15) is 22.0 Å². The lowest BCUT2D eigenvalue weighted by Gasteiger charge is -2.26. The lowest BCUT2D eigenvalue weighted by molar-refractivity contribution is -0.117. The van der Waals surface area contributed by atoms with E-state index in [1.165, 1.54) is 4.90 Å². The maximum absolute atomic E-state index is 13.3. The van der Waals surface area contributed by atoms with Gasteiger partial charge in [-0.05, 0) is 54.1 Å². The van der Waals surface area contributed by atoms with E-state index in [9.17, 15) is 14.7 Å². The molecule has 1 aliphatic rings. The molecule has 7 heteroatoms. The summed E-state index contributed by atoms with van der Waals surface area (Å²) in [7, 11) is 0. The number of nitrogens with zero attached hydrogens (tertiary/aromatic N) is 2. The molecule has 2 aromatic carbocycles. The molecule has 1 unspecified atom stereocenters. The summed E-state index contributed by atoms with van der Waals surface area (Å²) in [5, 5.41) is 11.2. The molecule has 4 rings (SSSR count). The number of aliphatic hydroxyl groups is 1. The minimum absolute atomic E-state index is 0.00491. The molecule has 1 N–H and O–H groups in total. The molecular formula is C22H14BrClN2O3. The average molecular weight is 470 g/mol. The Bertz CT molecular complexity index is 1110. The van der Waals surface area contributed by atoms with E-state index in [1.807, 2.05) is 12.1 Å². The highest BCUT2D eigenvalue weighted by Gasteiger charge is 2.45. The van der Waals surface area contributed by atoms with Crippen LogP contribution >= 0.6 is 27.5 Å². The molecule has 0 saturated carbocycles. The molecule has 5 nitrogen and oxygen atoms in total. The zero-order chi connectivity index (χ0) is 20.5. The topological polar surface area (TPSA) is 70.5 Å². The standard InChI is InChI=1S/C22H14BrClN2O3/c23-15-8-4-13(5-9-15)19-18(20(27)14-6-10-16(24)11-7-14)21(28)22(29)26(19)17-3-1-2-12-25-17/h1-12,19,28H. The SMILES string of the molecule is O=C(C1=C(O)C(=O)N(c2ccccn2)C1c1ccc(Br)cc1)c1ccc(Cl)cc1. The van der Waals surface area contributed by atoms with Gasteiger partial charge >= 0.3 is 0 Å². The Morgan fingerprint density at radius 2 is 1.72 bits per heavy atom. The first-order valence-corrected chi connectivity index (χ1v) is 9.88. The molecule has 144 valence electrons. The van der Waals surface area contributed by atoms with Gasteiger partial charge in [-0.15, -0.1) is 0 Å². The predicted molar refractivity (Wildman–Crippen MR) is 114 cm³/mol. The van der Waals surface area contributed by atoms with Gasteiger partial charge < -0.3 is 5.11 Å². The number of pyridine rings is 1. The molecule has 0 saturated heterocycles. The third kappa shape index (κ3) is 3.57. The first-order valence-electron chi connectivity index (χ1n) is 8.71. The summed E-state index contributed by atoms with van der Waals surface area (Å²) >= 11 is 9.31. The van der Waals surface area contributed by atoms with E-state index >= 15 is 0 Å². The fourth-order valence-corrected chi connectivity index (χ4v) is 3.68. The number of hydrogen-bond acceptors (Lipinski definition) is 4. The van der Waals surface area contributed by atoms with Gasteiger partial charge in [-0.1, -0.05) is 45.7 Å². The van der Waals surface area contributed by atoms with E-state index in [0.29, 0.717) is 22.0 Å². The molecule has 1 aromatic heterocycles. The number of ketones is 1. The van der Waals surface area contributed by atoms with Crippen LogP contribution in [0.5, 0.6) is 0 Å². The van der Waals surface area contributed by atoms with Crippen LogP contribution in [0.25, 0.3) is 0 Å². The second-order valence-electron chi connectivity index (χ2n) is 6.42. The summed E-state index contributed by atoms with van der Waals surface area (Å²) < 4.78 is 0.855. The Kier molecular flexibility index (Phi) is 5.22. The van der Waals surface area contributed by atoms with Crippen molar-refractivity contribution in [1.29, 1.82) is 0 Å². The van der Waals surface area contributed by atoms with Crippen LogP contribution in [-0.4, -0.2) is 21.8 Å². The van der Waals surface area contributed by atoms with Gasteiger partial charge in [-0.2, -0.15) is 0 Å². The second-order valence-corrected chi connectivity index (χ2v) is 7.77. The highest BCUT2D eigenvalue weighted by atomic mass is 79.9. The number of carbonyl (C=O) groups excluding carboxylic acids is 2. The lowest BCUT2D eigenvalue weighted by Crippen LogP contribution is -2.31. The molecule has 0 spiro atoms. The summed E-state index contributed by atoms with van der Waals surface area (Å²) in [6.07, 6.45) is 1.55. The number of Topliss-reactive ketones (excluding diaryl/α,β-unsaturated/α-hetero) is 1. The fourth-order valence-electron chi connectivity index (χ4n) is 3.29. The van der Waals surface area contributed by atoms with E-state index in [-0.39, 0.29) is 5.57 Å². The Morgan fingerprint density at radius 3 is 2.34 bits per heavy atom. The van der Waals surface area contributed by atoms with Crippen molar-refractivity contribution < 1.29 is 14.7 Å². The predicted octanol–water partition coefficient (Wildman–Crippen LogP) is 5.28. The molecule has 0 fully saturated rings. The van der Waals surface area contributed by atoms with Gasteiger partial charge in [-0.3, -0.25) is 14.5 Å². The van der Waals surface area contributed by atoms with Gasteiger partial charge in [-0.25, -0.2) is 4.98 Å². The lowest BCUT2D eigenvalue weighted by atomic mass is 9.93. The molecule has 1 aliphatic heterocycles. The maximum Gasteiger partial charge on any atom is 0.295 e. The monoisotopic (exact) mass is 468 g/mol. The summed E-state index contributed by atoms with van der Waals surface area (Å²) in [6, 6.07) is 17.9. The van der Waals surface area contributed by atoms with E-state index in [2.05, 4.69) is 20.9 Å². The summed E-state index contributed by atoms with van der Waals surface area (Å²) in [6.45, 7) is 0. The number of anilines is 1. The number of aliphatic hydroxyl groups excluding tert-OH is 1. The van der Waals surface area contributed by atoms with Crippen LogP contribution in [-0.2, 0) is 4.79 Å². The Labute approximate surface area is 180 Å². The third-order valence-corrected chi connectivity index (χ3v) is 5.42. The molecule has 3 aromatic rings. The quantitative estimate of drug-likeness (QED) is 0.528. The van der Waals surface area contributed by atoms with Crippen molar-refractivity contribution in [3.05, 3.63) is 105 Å². The third-order valence-electron chi connectivity index (χ3n) is 4.64. The number of aromatic nitrogens is 1. The van der Waals surface area contributed by atoms with Crippen LogP contribution < -0.4 is 4.90 Å². The highest BCUT2D eigenvalue weighted by molar-refractivity contribution is 9.10. The largest absolute Gasteiger partial charge is 0.503 e. The highest BCUT2D eigenvalue weighted by Crippen LogP contribution is 2.41. The van der Waals surface area contributed by atoms with Gasteiger partial charge in [0.15, 0.2) is 11.5 Å². The maximum atomic E-state index is 13.3. The van der Waals surface area contributed by atoms with Crippen molar-refractivity contribution in [2.45, 2.75) is 6.04 Å². The minimum atomic E-state index is -0.811. The number of benzene rings is 2. The summed E-state index contributed by atoms with van der Waals surface area (Å²) in [5.74, 6) is -1.35. The van der Waals surface area contributed by atoms with E-state index in [4.69, 9.17) is 11.6 Å². The van der Waals surface area contributed by atoms with Crippen molar-refractivity contribution in [1.82, 2.24) is 4.98 Å². The van der Waals surface area contributed by atoms with Crippen LogP contribution in [0.15, 0.2) is 88.7 Å². The van der Waals surface area contributed by atoms with Crippen LogP contribution in [0.2, 0.25) is 5.02 Å². The second kappa shape index (κ2) is 7.81. The van der Waals surface area contributed by atoms with E-state index in [1.54, 1.807) is 60.8 Å². The Hall–Kier alpha value is -2.96.